The number of benzene rings is 2. The van der Waals surface area contributed by atoms with E-state index < -0.39 is 18.0 Å². The second-order valence-corrected chi connectivity index (χ2v) is 6.56. The number of methoxy groups -OCH3 is 1. The summed E-state index contributed by atoms with van der Waals surface area (Å²) in [5, 5.41) is 7.16. The molecule has 0 unspecified atom stereocenters. The number of esters is 1. The summed E-state index contributed by atoms with van der Waals surface area (Å²) in [6.45, 7) is 5.06. The molecule has 0 fully saturated rings. The second kappa shape index (κ2) is 8.60. The Morgan fingerprint density at radius 1 is 1.07 bits per heavy atom. The first-order valence-corrected chi connectivity index (χ1v) is 9.18. The van der Waals surface area contributed by atoms with E-state index in [0.29, 0.717) is 28.4 Å². The molecule has 29 heavy (non-hydrogen) atoms. The van der Waals surface area contributed by atoms with Crippen LogP contribution >= 0.6 is 0 Å². The molecule has 3 aromatic rings. The summed E-state index contributed by atoms with van der Waals surface area (Å²) in [7, 11) is 1.55. The van der Waals surface area contributed by atoms with Gasteiger partial charge in [-0.25, -0.2) is 9.48 Å². The molecular formula is C22H23N3O4. The number of hydrogen-bond acceptors (Lipinski definition) is 5. The standard InChI is InChI=1S/C22H23N3O4/c1-14-20(15(2)25(24-14)18-10-6-5-7-11-18)22(27)29-16(3)21(26)23-17-9-8-12-19(13-17)28-4/h5-13,16H,1-4H3,(H,23,26)/t16-/m1/s1. The molecule has 0 bridgehead atoms. The molecule has 1 N–H and O–H groups in total. The number of anilines is 1. The van der Waals surface area contributed by atoms with Crippen LogP contribution in [-0.2, 0) is 9.53 Å². The fourth-order valence-electron chi connectivity index (χ4n) is 2.98. The number of ether oxygens (including phenoxy) is 2. The first kappa shape index (κ1) is 20.1. The van der Waals surface area contributed by atoms with Crippen molar-refractivity contribution in [2.45, 2.75) is 26.9 Å². The van der Waals surface area contributed by atoms with Crippen molar-refractivity contribution < 1.29 is 19.1 Å². The van der Waals surface area contributed by atoms with Crippen LogP contribution in [0, 0.1) is 13.8 Å². The highest BCUT2D eigenvalue weighted by atomic mass is 16.5. The average molecular weight is 393 g/mol. The number of para-hydroxylation sites is 1. The summed E-state index contributed by atoms with van der Waals surface area (Å²) in [6, 6.07) is 16.5. The first-order valence-electron chi connectivity index (χ1n) is 9.18. The van der Waals surface area contributed by atoms with E-state index in [1.54, 1.807) is 49.9 Å². The van der Waals surface area contributed by atoms with Crippen LogP contribution in [0.5, 0.6) is 5.75 Å². The Labute approximate surface area is 169 Å². The smallest absolute Gasteiger partial charge is 0.342 e. The Bertz CT molecular complexity index is 1030. The lowest BCUT2D eigenvalue weighted by atomic mass is 10.2. The third kappa shape index (κ3) is 4.45. The maximum atomic E-state index is 12.7. The number of amides is 1. The normalized spacial score (nSPS) is 11.6. The molecule has 0 saturated heterocycles. The summed E-state index contributed by atoms with van der Waals surface area (Å²) in [4.78, 5) is 25.1. The van der Waals surface area contributed by atoms with Gasteiger partial charge in [-0.3, -0.25) is 4.79 Å². The van der Waals surface area contributed by atoms with Crippen LogP contribution in [0.25, 0.3) is 5.69 Å². The van der Waals surface area contributed by atoms with Crippen LogP contribution in [0.2, 0.25) is 0 Å². The van der Waals surface area contributed by atoms with Gasteiger partial charge in [0.05, 0.1) is 24.2 Å². The Morgan fingerprint density at radius 2 is 1.79 bits per heavy atom. The molecule has 2 aromatic carbocycles. The molecular weight excluding hydrogens is 370 g/mol. The highest BCUT2D eigenvalue weighted by molar-refractivity contribution is 5.98. The minimum atomic E-state index is -0.979. The number of nitrogens with one attached hydrogen (secondary N) is 1. The van der Waals surface area contributed by atoms with Crippen LogP contribution in [-0.4, -0.2) is 34.9 Å². The van der Waals surface area contributed by atoms with Crippen LogP contribution in [0.4, 0.5) is 5.69 Å². The molecule has 0 aliphatic rings. The van der Waals surface area contributed by atoms with Crippen LogP contribution in [0.3, 0.4) is 0 Å². The fraction of sp³-hybridized carbons (Fsp3) is 0.227. The van der Waals surface area contributed by atoms with Crippen molar-refractivity contribution in [3.63, 3.8) is 0 Å². The summed E-state index contributed by atoms with van der Waals surface area (Å²) in [5.74, 6) is -0.403. The molecule has 0 aliphatic carbocycles. The van der Waals surface area contributed by atoms with Crippen molar-refractivity contribution in [1.29, 1.82) is 0 Å². The molecule has 1 heterocycles. The molecule has 0 spiro atoms. The molecule has 3 rings (SSSR count). The van der Waals surface area contributed by atoms with Gasteiger partial charge in [-0.15, -0.1) is 0 Å². The number of rotatable bonds is 6. The monoisotopic (exact) mass is 393 g/mol. The summed E-state index contributed by atoms with van der Waals surface area (Å²) in [6.07, 6.45) is -0.979. The van der Waals surface area contributed by atoms with Gasteiger partial charge < -0.3 is 14.8 Å². The molecule has 1 atom stereocenters. The van der Waals surface area contributed by atoms with Crippen molar-refractivity contribution in [3.05, 3.63) is 71.5 Å². The predicted octanol–water partition coefficient (Wildman–Crippen LogP) is 3.68. The van der Waals surface area contributed by atoms with Crippen LogP contribution in [0.15, 0.2) is 54.6 Å². The number of nitrogens with zero attached hydrogens (tertiary/aromatic N) is 2. The summed E-state index contributed by atoms with van der Waals surface area (Å²) >= 11 is 0. The maximum Gasteiger partial charge on any atom is 0.342 e. The molecule has 150 valence electrons. The van der Waals surface area contributed by atoms with Crippen molar-refractivity contribution in [3.8, 4) is 11.4 Å². The predicted molar refractivity (Wildman–Crippen MR) is 110 cm³/mol. The van der Waals surface area contributed by atoms with Gasteiger partial charge in [0.2, 0.25) is 0 Å². The Kier molecular flexibility index (Phi) is 5.97. The van der Waals surface area contributed by atoms with Gasteiger partial charge in [-0.2, -0.15) is 5.10 Å². The van der Waals surface area contributed by atoms with Crippen LogP contribution < -0.4 is 10.1 Å². The van der Waals surface area contributed by atoms with Crippen molar-refractivity contribution in [2.24, 2.45) is 0 Å². The molecule has 0 saturated carbocycles. The van der Waals surface area contributed by atoms with E-state index in [-0.39, 0.29) is 0 Å². The molecule has 0 radical (unpaired) electrons. The Hall–Kier alpha value is -3.61. The zero-order valence-electron chi connectivity index (χ0n) is 16.8. The molecule has 7 heteroatoms. The van der Waals surface area contributed by atoms with E-state index in [4.69, 9.17) is 9.47 Å². The van der Waals surface area contributed by atoms with Gasteiger partial charge in [0, 0.05) is 11.8 Å². The minimum Gasteiger partial charge on any atom is -0.497 e. The van der Waals surface area contributed by atoms with E-state index in [9.17, 15) is 9.59 Å². The number of carbonyl (C=O) groups excluding carboxylic acids is 2. The molecule has 0 aliphatic heterocycles. The molecule has 7 nitrogen and oxygen atoms in total. The van der Waals surface area contributed by atoms with Crippen molar-refractivity contribution >= 4 is 17.6 Å². The zero-order valence-corrected chi connectivity index (χ0v) is 16.8. The molecule has 1 amide bonds. The van der Waals surface area contributed by atoms with E-state index >= 15 is 0 Å². The SMILES string of the molecule is COc1cccc(NC(=O)[C@@H](C)OC(=O)c2c(C)nn(-c3ccccc3)c2C)c1. The maximum absolute atomic E-state index is 12.7. The van der Waals surface area contributed by atoms with E-state index in [1.807, 2.05) is 30.3 Å². The number of hydrogen-bond donors (Lipinski definition) is 1. The number of aromatic nitrogens is 2. The van der Waals surface area contributed by atoms with Gasteiger partial charge in [0.15, 0.2) is 6.10 Å². The third-order valence-corrected chi connectivity index (χ3v) is 4.49. The quantitative estimate of drug-likeness (QED) is 0.646. The van der Waals surface area contributed by atoms with Gasteiger partial charge >= 0.3 is 5.97 Å². The lowest BCUT2D eigenvalue weighted by Crippen LogP contribution is -2.30. The lowest BCUT2D eigenvalue weighted by Gasteiger charge is -2.14. The minimum absolute atomic E-state index is 0.356. The van der Waals surface area contributed by atoms with E-state index in [1.165, 1.54) is 6.92 Å². The highest BCUT2D eigenvalue weighted by Gasteiger charge is 2.25. The zero-order chi connectivity index (χ0) is 21.0. The van der Waals surface area contributed by atoms with Gasteiger partial charge in [0.1, 0.15) is 11.3 Å². The topological polar surface area (TPSA) is 82.4 Å². The second-order valence-electron chi connectivity index (χ2n) is 6.56. The highest BCUT2D eigenvalue weighted by Crippen LogP contribution is 2.20. The van der Waals surface area contributed by atoms with Gasteiger partial charge in [-0.1, -0.05) is 24.3 Å². The van der Waals surface area contributed by atoms with Gasteiger partial charge in [-0.05, 0) is 45.0 Å². The largest absolute Gasteiger partial charge is 0.497 e. The van der Waals surface area contributed by atoms with Crippen LogP contribution in [0.1, 0.15) is 28.7 Å². The summed E-state index contributed by atoms with van der Waals surface area (Å²) < 4.78 is 12.2. The van der Waals surface area contributed by atoms with Gasteiger partial charge in [0.25, 0.3) is 5.91 Å². The third-order valence-electron chi connectivity index (χ3n) is 4.49. The molecule has 1 aromatic heterocycles. The van der Waals surface area contributed by atoms with Crippen molar-refractivity contribution in [1.82, 2.24) is 9.78 Å². The van der Waals surface area contributed by atoms with E-state index in [2.05, 4.69) is 10.4 Å². The fourth-order valence-corrected chi connectivity index (χ4v) is 2.98. The first-order chi connectivity index (χ1) is 13.9. The lowest BCUT2D eigenvalue weighted by molar-refractivity contribution is -0.123. The average Bonchev–Trinajstić information content (AvgIpc) is 3.02. The van der Waals surface area contributed by atoms with E-state index in [0.717, 1.165) is 5.69 Å². The summed E-state index contributed by atoms with van der Waals surface area (Å²) in [5.41, 5.74) is 2.95. The Morgan fingerprint density at radius 3 is 2.48 bits per heavy atom. The number of aryl methyl sites for hydroxylation is 1. The van der Waals surface area contributed by atoms with Crippen molar-refractivity contribution in [2.75, 3.05) is 12.4 Å². The Balaban J connectivity index is 1.72. The number of carbonyl (C=O) groups is 2.